The van der Waals surface area contributed by atoms with E-state index in [4.69, 9.17) is 4.42 Å². The van der Waals surface area contributed by atoms with Gasteiger partial charge in [0.1, 0.15) is 5.76 Å². The highest BCUT2D eigenvalue weighted by Crippen LogP contribution is 2.30. The first-order chi connectivity index (χ1) is 16.6. The Labute approximate surface area is 202 Å². The maximum Gasteiger partial charge on any atom is 0.237 e. The van der Waals surface area contributed by atoms with E-state index >= 15 is 0 Å². The highest BCUT2D eigenvalue weighted by atomic mass is 32.2. The van der Waals surface area contributed by atoms with Gasteiger partial charge in [-0.1, -0.05) is 72.4 Å². The number of anilines is 1. The Morgan fingerprint density at radius 3 is 2.53 bits per heavy atom. The molecule has 0 saturated heterocycles. The van der Waals surface area contributed by atoms with Crippen LogP contribution >= 0.6 is 11.8 Å². The first kappa shape index (κ1) is 22.0. The van der Waals surface area contributed by atoms with Crippen molar-refractivity contribution in [3.05, 3.63) is 96.4 Å². The van der Waals surface area contributed by atoms with Gasteiger partial charge in [-0.2, -0.15) is 0 Å². The van der Waals surface area contributed by atoms with E-state index in [-0.39, 0.29) is 11.2 Å². The summed E-state index contributed by atoms with van der Waals surface area (Å²) in [6, 6.07) is 26.0. The van der Waals surface area contributed by atoms with Gasteiger partial charge in [-0.3, -0.25) is 9.36 Å². The molecule has 0 aliphatic heterocycles. The molecule has 0 fully saturated rings. The molecule has 0 aliphatic carbocycles. The fourth-order valence-electron chi connectivity index (χ4n) is 3.82. The lowest BCUT2D eigenvalue weighted by Crippen LogP contribution is -2.23. The number of nitrogens with one attached hydrogen (secondary N) is 1. The van der Waals surface area contributed by atoms with Crippen LogP contribution in [0.15, 0.2) is 94.7 Å². The van der Waals surface area contributed by atoms with Crippen LogP contribution in [-0.4, -0.2) is 25.9 Å². The molecule has 2 aromatic heterocycles. The number of aromatic nitrogens is 3. The summed E-state index contributed by atoms with van der Waals surface area (Å²) >= 11 is 1.39. The van der Waals surface area contributed by atoms with Crippen molar-refractivity contribution in [2.75, 3.05) is 5.32 Å². The smallest absolute Gasteiger partial charge is 0.237 e. The van der Waals surface area contributed by atoms with Gasteiger partial charge in [0.25, 0.3) is 0 Å². The minimum Gasteiger partial charge on any atom is -0.469 e. The average Bonchev–Trinajstić information content (AvgIpc) is 3.45. The lowest BCUT2D eigenvalue weighted by molar-refractivity contribution is -0.115. The van der Waals surface area contributed by atoms with Crippen molar-refractivity contribution in [1.82, 2.24) is 14.8 Å². The Balaban J connectivity index is 1.38. The van der Waals surface area contributed by atoms with E-state index in [0.29, 0.717) is 11.7 Å². The lowest BCUT2D eigenvalue weighted by Gasteiger charge is -2.14. The van der Waals surface area contributed by atoms with Crippen molar-refractivity contribution in [3.8, 4) is 11.4 Å². The summed E-state index contributed by atoms with van der Waals surface area (Å²) in [6.45, 7) is 4.38. The van der Waals surface area contributed by atoms with E-state index in [2.05, 4.69) is 33.7 Å². The van der Waals surface area contributed by atoms with Gasteiger partial charge in [0.2, 0.25) is 5.91 Å². The maximum absolute atomic E-state index is 13.0. The monoisotopic (exact) mass is 468 g/mol. The van der Waals surface area contributed by atoms with Crippen molar-refractivity contribution in [2.24, 2.45) is 0 Å². The van der Waals surface area contributed by atoms with Crippen LogP contribution < -0.4 is 5.32 Å². The fraction of sp³-hybridized carbons (Fsp3) is 0.148. The van der Waals surface area contributed by atoms with Crippen LogP contribution in [0.4, 0.5) is 5.69 Å². The van der Waals surface area contributed by atoms with Crippen molar-refractivity contribution in [1.29, 1.82) is 0 Å². The molecule has 3 aromatic carbocycles. The van der Waals surface area contributed by atoms with E-state index in [1.165, 1.54) is 11.8 Å². The molecule has 0 aliphatic rings. The molecule has 1 unspecified atom stereocenters. The number of aryl methyl sites for hydroxylation is 1. The number of hydrogen-bond donors (Lipinski definition) is 1. The Kier molecular flexibility index (Phi) is 6.18. The van der Waals surface area contributed by atoms with Crippen LogP contribution in [0.2, 0.25) is 0 Å². The van der Waals surface area contributed by atoms with Crippen LogP contribution in [0, 0.1) is 6.92 Å². The average molecular weight is 469 g/mol. The highest BCUT2D eigenvalue weighted by Gasteiger charge is 2.22. The van der Waals surface area contributed by atoms with E-state index in [1.807, 2.05) is 79.1 Å². The first-order valence-corrected chi connectivity index (χ1v) is 11.9. The molecule has 7 heteroatoms. The summed E-state index contributed by atoms with van der Waals surface area (Å²) in [5.41, 5.74) is 2.79. The van der Waals surface area contributed by atoms with E-state index in [9.17, 15) is 4.79 Å². The molecule has 0 radical (unpaired) electrons. The molecular formula is C27H24N4O2S. The van der Waals surface area contributed by atoms with Gasteiger partial charge in [0.05, 0.1) is 23.6 Å². The predicted octanol–water partition coefficient (Wildman–Crippen LogP) is 6.17. The van der Waals surface area contributed by atoms with E-state index in [1.54, 1.807) is 6.26 Å². The summed E-state index contributed by atoms with van der Waals surface area (Å²) in [7, 11) is 0. The molecule has 1 N–H and O–H groups in total. The topological polar surface area (TPSA) is 72.9 Å². The quantitative estimate of drug-likeness (QED) is 0.289. The van der Waals surface area contributed by atoms with Crippen LogP contribution in [0.25, 0.3) is 22.2 Å². The normalized spacial score (nSPS) is 12.1. The van der Waals surface area contributed by atoms with Crippen molar-refractivity contribution < 1.29 is 9.21 Å². The van der Waals surface area contributed by atoms with Crippen molar-refractivity contribution in [2.45, 2.75) is 30.8 Å². The summed E-state index contributed by atoms with van der Waals surface area (Å²) < 4.78 is 7.54. The molecule has 0 bridgehead atoms. The van der Waals surface area contributed by atoms with Crippen LogP contribution in [-0.2, 0) is 11.3 Å². The molecule has 1 amide bonds. The molecule has 34 heavy (non-hydrogen) atoms. The van der Waals surface area contributed by atoms with Crippen LogP contribution in [0.3, 0.4) is 0 Å². The molecule has 170 valence electrons. The summed E-state index contributed by atoms with van der Waals surface area (Å²) in [6.07, 6.45) is 1.65. The third-order valence-electron chi connectivity index (χ3n) is 5.67. The molecule has 2 heterocycles. The third-order valence-corrected chi connectivity index (χ3v) is 6.75. The SMILES string of the molecule is Cc1occc1-c1nnc(SC(C)C(=O)Nc2ccc3ccccc3c2)n1Cc1ccccc1. The van der Waals surface area contributed by atoms with Crippen molar-refractivity contribution in [3.63, 3.8) is 0 Å². The number of fused-ring (bicyclic) bond motifs is 1. The highest BCUT2D eigenvalue weighted by molar-refractivity contribution is 8.00. The third kappa shape index (κ3) is 4.61. The second-order valence-electron chi connectivity index (χ2n) is 8.08. The van der Waals surface area contributed by atoms with E-state index < -0.39 is 0 Å². The van der Waals surface area contributed by atoms with Gasteiger partial charge in [-0.25, -0.2) is 0 Å². The van der Waals surface area contributed by atoms with Gasteiger partial charge >= 0.3 is 0 Å². The number of carbonyl (C=O) groups excluding carboxylic acids is 1. The van der Waals surface area contributed by atoms with Gasteiger partial charge < -0.3 is 9.73 Å². The van der Waals surface area contributed by atoms with Gasteiger partial charge in [-0.05, 0) is 48.4 Å². The zero-order chi connectivity index (χ0) is 23.5. The summed E-state index contributed by atoms with van der Waals surface area (Å²) in [4.78, 5) is 13.0. The number of nitrogens with zero attached hydrogens (tertiary/aromatic N) is 3. The number of hydrogen-bond acceptors (Lipinski definition) is 5. The molecule has 0 saturated carbocycles. The second kappa shape index (κ2) is 9.57. The van der Waals surface area contributed by atoms with Gasteiger partial charge in [0.15, 0.2) is 11.0 Å². The largest absolute Gasteiger partial charge is 0.469 e. The second-order valence-corrected chi connectivity index (χ2v) is 9.39. The van der Waals surface area contributed by atoms with Crippen LogP contribution in [0.5, 0.6) is 0 Å². The lowest BCUT2D eigenvalue weighted by atomic mass is 10.1. The Bertz CT molecular complexity index is 1440. The molecule has 6 nitrogen and oxygen atoms in total. The zero-order valence-electron chi connectivity index (χ0n) is 18.9. The zero-order valence-corrected chi connectivity index (χ0v) is 19.8. The minimum atomic E-state index is -0.372. The van der Waals surface area contributed by atoms with Gasteiger partial charge in [-0.15, -0.1) is 10.2 Å². The Morgan fingerprint density at radius 2 is 1.76 bits per heavy atom. The Morgan fingerprint density at radius 1 is 1.00 bits per heavy atom. The summed E-state index contributed by atoms with van der Waals surface area (Å²) in [5, 5.41) is 14.4. The first-order valence-electron chi connectivity index (χ1n) is 11.1. The van der Waals surface area contributed by atoms with Crippen molar-refractivity contribution >= 4 is 34.1 Å². The standard InChI is InChI=1S/C27H24N4O2S/c1-18-24(14-15-33-18)25-29-30-27(31(25)17-20-8-4-3-5-9-20)34-19(2)26(32)28-23-13-12-21-10-6-7-11-22(21)16-23/h3-16,19H,17H2,1-2H3,(H,28,32). The minimum absolute atomic E-state index is 0.0874. The molecule has 5 aromatic rings. The molecular weight excluding hydrogens is 444 g/mol. The summed E-state index contributed by atoms with van der Waals surface area (Å²) in [5.74, 6) is 1.41. The maximum atomic E-state index is 13.0. The molecule has 1 atom stereocenters. The number of carbonyl (C=O) groups is 1. The number of furan rings is 1. The number of amides is 1. The molecule has 0 spiro atoms. The Hall–Kier alpha value is -3.84. The number of benzene rings is 3. The number of thioether (sulfide) groups is 1. The molecule has 5 rings (SSSR count). The number of rotatable bonds is 7. The van der Waals surface area contributed by atoms with Gasteiger partial charge in [0, 0.05) is 5.69 Å². The predicted molar refractivity (Wildman–Crippen MR) is 136 cm³/mol. The van der Waals surface area contributed by atoms with Crippen LogP contribution in [0.1, 0.15) is 18.2 Å². The fourth-order valence-corrected chi connectivity index (χ4v) is 4.67. The van der Waals surface area contributed by atoms with E-state index in [0.717, 1.165) is 39.2 Å².